The summed E-state index contributed by atoms with van der Waals surface area (Å²) >= 11 is 1.35. The molecule has 0 spiro atoms. The number of carbonyl (C=O) groups is 2. The Balaban J connectivity index is 1.45. The van der Waals surface area contributed by atoms with Crippen LogP contribution in [0.5, 0.6) is 0 Å². The molecule has 1 aromatic carbocycles. The van der Waals surface area contributed by atoms with Crippen LogP contribution in [0, 0.1) is 0 Å². The minimum absolute atomic E-state index is 0.0655. The number of aliphatic hydroxyl groups is 1. The normalized spacial score (nSPS) is 18.8. The Morgan fingerprint density at radius 2 is 2.12 bits per heavy atom. The molecule has 3 atom stereocenters. The third-order valence-electron chi connectivity index (χ3n) is 5.43. The first-order valence-corrected chi connectivity index (χ1v) is 11.3. The molecule has 172 valence electrons. The van der Waals surface area contributed by atoms with E-state index in [1.165, 1.54) is 24.0 Å². The SMILES string of the molecule is C[C@@H]1C[C@H](O)CN1C(=O)c1ccnc(C(=O)Nc2cccc([C@H](N)Sc3nncn3C)c2)c1. The number of aliphatic hydroxyl groups excluding tert-OH is 1. The number of pyridine rings is 1. The molecule has 1 saturated heterocycles. The number of anilines is 1. The Kier molecular flexibility index (Phi) is 6.72. The minimum Gasteiger partial charge on any atom is -0.391 e. The zero-order valence-corrected chi connectivity index (χ0v) is 19.1. The van der Waals surface area contributed by atoms with Gasteiger partial charge < -0.3 is 25.6 Å². The number of nitrogens with two attached hydrogens (primary N) is 1. The average molecular weight is 468 g/mol. The fraction of sp³-hybridized carbons (Fsp3) is 0.318. The highest BCUT2D eigenvalue weighted by atomic mass is 32.2. The lowest BCUT2D eigenvalue weighted by Crippen LogP contribution is -2.34. The van der Waals surface area contributed by atoms with Gasteiger partial charge in [-0.1, -0.05) is 23.9 Å². The van der Waals surface area contributed by atoms with Crippen molar-refractivity contribution >= 4 is 29.3 Å². The Morgan fingerprint density at radius 1 is 1.30 bits per heavy atom. The molecule has 0 saturated carbocycles. The van der Waals surface area contributed by atoms with E-state index in [1.54, 1.807) is 40.1 Å². The van der Waals surface area contributed by atoms with Gasteiger partial charge in [0.05, 0.1) is 11.5 Å². The molecule has 0 aliphatic carbocycles. The molecule has 3 aromatic rings. The number of amides is 2. The van der Waals surface area contributed by atoms with Crippen LogP contribution in [-0.4, -0.2) is 60.3 Å². The Bertz CT molecular complexity index is 1170. The molecule has 4 N–H and O–H groups in total. The first kappa shape index (κ1) is 22.9. The van der Waals surface area contributed by atoms with Crippen LogP contribution in [0.25, 0.3) is 0 Å². The molecule has 0 bridgehead atoms. The maximum atomic E-state index is 12.8. The van der Waals surface area contributed by atoms with E-state index in [-0.39, 0.29) is 24.2 Å². The van der Waals surface area contributed by atoms with Gasteiger partial charge in [-0.3, -0.25) is 14.6 Å². The van der Waals surface area contributed by atoms with E-state index in [2.05, 4.69) is 20.5 Å². The van der Waals surface area contributed by atoms with Gasteiger partial charge in [-0.25, -0.2) is 0 Å². The Morgan fingerprint density at radius 3 is 2.82 bits per heavy atom. The van der Waals surface area contributed by atoms with Crippen molar-refractivity contribution in [2.45, 2.75) is 36.0 Å². The van der Waals surface area contributed by atoms with Gasteiger partial charge in [0, 0.05) is 37.1 Å². The summed E-state index contributed by atoms with van der Waals surface area (Å²) in [6.07, 6.45) is 3.05. The van der Waals surface area contributed by atoms with Crippen LogP contribution in [0.1, 0.15) is 45.1 Å². The molecule has 3 heterocycles. The fourth-order valence-corrected chi connectivity index (χ4v) is 4.51. The van der Waals surface area contributed by atoms with Gasteiger partial charge in [0.1, 0.15) is 12.0 Å². The smallest absolute Gasteiger partial charge is 0.274 e. The third-order valence-corrected chi connectivity index (χ3v) is 6.53. The van der Waals surface area contributed by atoms with Crippen molar-refractivity contribution in [3.05, 3.63) is 65.7 Å². The average Bonchev–Trinajstić information content (AvgIpc) is 3.37. The largest absolute Gasteiger partial charge is 0.391 e. The van der Waals surface area contributed by atoms with Crippen molar-refractivity contribution in [1.82, 2.24) is 24.6 Å². The number of aromatic nitrogens is 4. The minimum atomic E-state index is -0.529. The van der Waals surface area contributed by atoms with Gasteiger partial charge in [0.2, 0.25) is 0 Å². The first-order chi connectivity index (χ1) is 15.8. The van der Waals surface area contributed by atoms with Crippen molar-refractivity contribution < 1.29 is 14.7 Å². The standard InChI is InChI=1S/C22H25N7O3S/c1-13-8-17(30)11-29(13)21(32)15-6-7-24-18(10-15)20(31)26-16-5-3-4-14(9-16)19(23)33-22-27-25-12-28(22)2/h3-7,9-10,12-13,17,19,30H,8,11,23H2,1-2H3,(H,26,31)/t13-,17+,19-/m1/s1. The van der Waals surface area contributed by atoms with E-state index < -0.39 is 17.4 Å². The van der Waals surface area contributed by atoms with Crippen molar-refractivity contribution in [1.29, 1.82) is 0 Å². The molecule has 0 unspecified atom stereocenters. The van der Waals surface area contributed by atoms with E-state index in [0.717, 1.165) is 5.56 Å². The number of hydrogen-bond donors (Lipinski definition) is 3. The van der Waals surface area contributed by atoms with Crippen molar-refractivity contribution in [2.75, 3.05) is 11.9 Å². The fourth-order valence-electron chi connectivity index (χ4n) is 3.69. The number of benzene rings is 1. The molecule has 11 heteroatoms. The van der Waals surface area contributed by atoms with Crippen molar-refractivity contribution in [3.8, 4) is 0 Å². The molecular weight excluding hydrogens is 442 g/mol. The van der Waals surface area contributed by atoms with Gasteiger partial charge in [-0.05, 0) is 43.2 Å². The van der Waals surface area contributed by atoms with Crippen LogP contribution < -0.4 is 11.1 Å². The summed E-state index contributed by atoms with van der Waals surface area (Å²) in [5.74, 6) is -0.671. The Hall–Kier alpha value is -3.28. The van der Waals surface area contributed by atoms with Gasteiger partial charge >= 0.3 is 0 Å². The lowest BCUT2D eigenvalue weighted by molar-refractivity contribution is 0.0726. The number of hydrogen-bond acceptors (Lipinski definition) is 8. The molecule has 33 heavy (non-hydrogen) atoms. The summed E-state index contributed by atoms with van der Waals surface area (Å²) in [4.78, 5) is 31.4. The molecule has 1 aliphatic rings. The van der Waals surface area contributed by atoms with Crippen LogP contribution in [-0.2, 0) is 7.05 Å². The highest BCUT2D eigenvalue weighted by Crippen LogP contribution is 2.30. The van der Waals surface area contributed by atoms with Crippen LogP contribution in [0.2, 0.25) is 0 Å². The van der Waals surface area contributed by atoms with Crippen molar-refractivity contribution in [3.63, 3.8) is 0 Å². The monoisotopic (exact) mass is 467 g/mol. The van der Waals surface area contributed by atoms with Crippen LogP contribution in [0.15, 0.2) is 54.1 Å². The molecule has 10 nitrogen and oxygen atoms in total. The lowest BCUT2D eigenvalue weighted by atomic mass is 10.1. The summed E-state index contributed by atoms with van der Waals surface area (Å²) < 4.78 is 1.78. The molecule has 1 aliphatic heterocycles. The third kappa shape index (κ3) is 5.21. The Labute approximate surface area is 195 Å². The number of aryl methyl sites for hydroxylation is 1. The maximum Gasteiger partial charge on any atom is 0.274 e. The van der Waals surface area contributed by atoms with E-state index in [9.17, 15) is 14.7 Å². The number of thioether (sulfide) groups is 1. The number of nitrogens with one attached hydrogen (secondary N) is 1. The predicted octanol–water partition coefficient (Wildman–Crippen LogP) is 1.81. The van der Waals surface area contributed by atoms with E-state index in [4.69, 9.17) is 5.73 Å². The lowest BCUT2D eigenvalue weighted by Gasteiger charge is -2.21. The summed E-state index contributed by atoms with van der Waals surface area (Å²) in [6, 6.07) is 10.2. The van der Waals surface area contributed by atoms with Gasteiger partial charge in [0.25, 0.3) is 11.8 Å². The molecule has 0 radical (unpaired) electrons. The first-order valence-electron chi connectivity index (χ1n) is 10.4. The van der Waals surface area contributed by atoms with E-state index in [0.29, 0.717) is 22.8 Å². The second kappa shape index (κ2) is 9.69. The van der Waals surface area contributed by atoms with Crippen LogP contribution in [0.4, 0.5) is 5.69 Å². The number of carbonyl (C=O) groups excluding carboxylic acids is 2. The molecule has 4 rings (SSSR count). The summed E-state index contributed by atoms with van der Waals surface area (Å²) in [5, 5.41) is 20.8. The number of likely N-dealkylation sites (tertiary alicyclic amines) is 1. The van der Waals surface area contributed by atoms with Gasteiger partial charge in [-0.2, -0.15) is 0 Å². The summed E-state index contributed by atoms with van der Waals surface area (Å²) in [5.41, 5.74) is 8.13. The quantitative estimate of drug-likeness (QED) is 0.368. The number of β-amino-alcohol motifs (C(OH)–C–C–N with tert-alkyl or cyclic N) is 1. The topological polar surface area (TPSA) is 139 Å². The van der Waals surface area contributed by atoms with E-state index >= 15 is 0 Å². The zero-order valence-electron chi connectivity index (χ0n) is 18.3. The van der Waals surface area contributed by atoms with Crippen molar-refractivity contribution in [2.24, 2.45) is 12.8 Å². The van der Waals surface area contributed by atoms with E-state index in [1.807, 2.05) is 20.0 Å². The predicted molar refractivity (Wildman–Crippen MR) is 124 cm³/mol. The molecule has 1 fully saturated rings. The number of nitrogens with zero attached hydrogens (tertiary/aromatic N) is 5. The highest BCUT2D eigenvalue weighted by Gasteiger charge is 2.32. The van der Waals surface area contributed by atoms with Gasteiger partial charge in [-0.15, -0.1) is 10.2 Å². The molecule has 2 amide bonds. The maximum absolute atomic E-state index is 12.8. The van der Waals surface area contributed by atoms with Gasteiger partial charge in [0.15, 0.2) is 5.16 Å². The highest BCUT2D eigenvalue weighted by molar-refractivity contribution is 7.99. The van der Waals surface area contributed by atoms with Crippen LogP contribution >= 0.6 is 11.8 Å². The summed E-state index contributed by atoms with van der Waals surface area (Å²) in [7, 11) is 1.84. The summed E-state index contributed by atoms with van der Waals surface area (Å²) in [6.45, 7) is 2.17. The second-order valence-corrected chi connectivity index (χ2v) is 9.08. The zero-order chi connectivity index (χ0) is 23.5. The molecule has 2 aromatic heterocycles. The molecular formula is C22H25N7O3S. The second-order valence-electron chi connectivity index (χ2n) is 7.97. The number of rotatable bonds is 6. The van der Waals surface area contributed by atoms with Crippen LogP contribution in [0.3, 0.4) is 0 Å².